The molecule has 0 bridgehead atoms. The molecule has 17 heavy (non-hydrogen) atoms. The maximum absolute atomic E-state index is 9.74. The van der Waals surface area contributed by atoms with E-state index < -0.39 is 23.1 Å². The van der Waals surface area contributed by atoms with Crippen molar-refractivity contribution >= 4 is 35.0 Å². The summed E-state index contributed by atoms with van der Waals surface area (Å²) in [7, 11) is 0. The standard InChI is InChI=1S/2C5H10O3.Mg/c2*1-5(2,8)3-4(6)7;/h2*8H,3H2,1-2H3,(H,6,7);/q;;+2/p-2. The van der Waals surface area contributed by atoms with E-state index in [1.54, 1.807) is 0 Å². The average molecular weight is 259 g/mol. The van der Waals surface area contributed by atoms with Gasteiger partial charge in [0, 0.05) is 24.8 Å². The number of aliphatic carboxylic acids is 2. The second kappa shape index (κ2) is 8.68. The number of carbonyl (C=O) groups excluding carboxylic acids is 2. The van der Waals surface area contributed by atoms with E-state index in [0.717, 1.165) is 0 Å². The minimum Gasteiger partial charge on any atom is -0.550 e. The van der Waals surface area contributed by atoms with Crippen LogP contribution in [0.4, 0.5) is 0 Å². The van der Waals surface area contributed by atoms with Crippen LogP contribution < -0.4 is 10.2 Å². The number of carbonyl (C=O) groups is 2. The number of hydrogen-bond donors (Lipinski definition) is 2. The van der Waals surface area contributed by atoms with Gasteiger partial charge in [-0.2, -0.15) is 0 Å². The van der Waals surface area contributed by atoms with Crippen molar-refractivity contribution in [2.75, 3.05) is 0 Å². The summed E-state index contributed by atoms with van der Waals surface area (Å²) in [5, 5.41) is 37.0. The van der Waals surface area contributed by atoms with Crippen molar-refractivity contribution in [3.63, 3.8) is 0 Å². The fourth-order valence-corrected chi connectivity index (χ4v) is 0.706. The zero-order chi connectivity index (χ0) is 13.6. The Bertz CT molecular complexity index is 212. The third-order valence-electron chi connectivity index (χ3n) is 1.15. The maximum Gasteiger partial charge on any atom is 2.00 e. The summed E-state index contributed by atoms with van der Waals surface area (Å²) in [4.78, 5) is 19.5. The van der Waals surface area contributed by atoms with Crippen molar-refractivity contribution in [1.29, 1.82) is 0 Å². The predicted octanol–water partition coefficient (Wildman–Crippen LogP) is -2.59. The molecule has 0 saturated carbocycles. The average Bonchev–Trinajstić information content (AvgIpc) is 1.72. The molecule has 0 atom stereocenters. The first-order chi connectivity index (χ1) is 6.83. The van der Waals surface area contributed by atoms with Gasteiger partial charge in [-0.1, -0.05) is 0 Å². The molecule has 0 aromatic carbocycles. The van der Waals surface area contributed by atoms with Crippen LogP contribution in [-0.2, 0) is 9.59 Å². The van der Waals surface area contributed by atoms with Crippen LogP contribution in [-0.4, -0.2) is 56.4 Å². The molecule has 0 aliphatic heterocycles. The van der Waals surface area contributed by atoms with Crippen molar-refractivity contribution in [3.05, 3.63) is 0 Å². The van der Waals surface area contributed by atoms with Gasteiger partial charge in [-0.15, -0.1) is 0 Å². The van der Waals surface area contributed by atoms with E-state index in [-0.39, 0.29) is 35.9 Å². The van der Waals surface area contributed by atoms with Gasteiger partial charge in [-0.3, -0.25) is 0 Å². The van der Waals surface area contributed by atoms with Gasteiger partial charge in [0.05, 0.1) is 11.2 Å². The van der Waals surface area contributed by atoms with Crippen LogP contribution >= 0.6 is 0 Å². The maximum atomic E-state index is 9.74. The third kappa shape index (κ3) is 31.3. The predicted molar refractivity (Wildman–Crippen MR) is 57.6 cm³/mol. The van der Waals surface area contributed by atoms with E-state index in [0.29, 0.717) is 0 Å². The Morgan fingerprint density at radius 3 is 1.06 bits per heavy atom. The van der Waals surface area contributed by atoms with Crippen molar-refractivity contribution in [2.24, 2.45) is 0 Å². The normalized spacial score (nSPS) is 10.7. The number of rotatable bonds is 4. The summed E-state index contributed by atoms with van der Waals surface area (Å²) in [6.07, 6.45) is -0.625. The van der Waals surface area contributed by atoms with Gasteiger partial charge in [0.15, 0.2) is 0 Å². The van der Waals surface area contributed by atoms with E-state index in [1.165, 1.54) is 27.7 Å². The molecular formula is C10H18MgO6. The van der Waals surface area contributed by atoms with E-state index in [2.05, 4.69) is 0 Å². The summed E-state index contributed by atoms with van der Waals surface area (Å²) in [5.74, 6) is -2.45. The Balaban J connectivity index is -0.000000218. The van der Waals surface area contributed by atoms with Crippen LogP contribution in [0.15, 0.2) is 0 Å². The Kier molecular flexibility index (Phi) is 11.2. The van der Waals surface area contributed by atoms with Gasteiger partial charge in [0.1, 0.15) is 0 Å². The van der Waals surface area contributed by atoms with Crippen LogP contribution in [0.1, 0.15) is 40.5 Å². The summed E-state index contributed by atoms with van der Waals surface area (Å²) < 4.78 is 0. The number of aliphatic hydroxyl groups is 2. The molecule has 0 radical (unpaired) electrons. The molecule has 0 unspecified atom stereocenters. The fourth-order valence-electron chi connectivity index (χ4n) is 0.706. The Hall–Kier alpha value is -0.374. The van der Waals surface area contributed by atoms with Crippen molar-refractivity contribution in [2.45, 2.75) is 51.7 Å². The zero-order valence-corrected chi connectivity index (χ0v) is 12.1. The molecule has 0 aromatic rings. The Labute approximate surface area is 117 Å². The van der Waals surface area contributed by atoms with Gasteiger partial charge in [0.25, 0.3) is 0 Å². The molecule has 0 aliphatic rings. The number of carboxylic acid groups (broad SMARTS) is 2. The quantitative estimate of drug-likeness (QED) is 0.534. The molecule has 6 nitrogen and oxygen atoms in total. The summed E-state index contributed by atoms with van der Waals surface area (Å²) in [5.41, 5.74) is -2.28. The second-order valence-electron chi connectivity index (χ2n) is 4.72. The SMILES string of the molecule is CC(C)(O)CC(=O)[O-].CC(C)(O)CC(=O)[O-].[Mg+2]. The topological polar surface area (TPSA) is 121 Å². The third-order valence-corrected chi connectivity index (χ3v) is 1.15. The minimum absolute atomic E-state index is 0. The molecule has 0 saturated heterocycles. The molecule has 7 heteroatoms. The monoisotopic (exact) mass is 258 g/mol. The largest absolute Gasteiger partial charge is 2.00 e. The molecule has 2 N–H and O–H groups in total. The Morgan fingerprint density at radius 1 is 0.882 bits per heavy atom. The van der Waals surface area contributed by atoms with Gasteiger partial charge in [0.2, 0.25) is 0 Å². The smallest absolute Gasteiger partial charge is 0.550 e. The minimum atomic E-state index is -1.22. The Morgan fingerprint density at radius 2 is 1.06 bits per heavy atom. The first kappa shape index (κ1) is 21.9. The second-order valence-corrected chi connectivity index (χ2v) is 4.72. The summed E-state index contributed by atoms with van der Waals surface area (Å²) in [6.45, 7) is 5.68. The van der Waals surface area contributed by atoms with Gasteiger partial charge >= 0.3 is 23.1 Å². The number of hydrogen-bond acceptors (Lipinski definition) is 6. The van der Waals surface area contributed by atoms with Crippen LogP contribution in [0, 0.1) is 0 Å². The number of carboxylic acids is 2. The first-order valence-electron chi connectivity index (χ1n) is 4.68. The molecule has 0 spiro atoms. The van der Waals surface area contributed by atoms with Gasteiger partial charge in [-0.25, -0.2) is 0 Å². The van der Waals surface area contributed by atoms with Gasteiger partial charge in [-0.05, 0) is 27.7 Å². The van der Waals surface area contributed by atoms with Crippen molar-refractivity contribution < 1.29 is 30.0 Å². The van der Waals surface area contributed by atoms with E-state index in [9.17, 15) is 19.8 Å². The van der Waals surface area contributed by atoms with Crippen LogP contribution in [0.5, 0.6) is 0 Å². The van der Waals surface area contributed by atoms with E-state index in [4.69, 9.17) is 10.2 Å². The van der Waals surface area contributed by atoms with Crippen LogP contribution in [0.25, 0.3) is 0 Å². The summed E-state index contributed by atoms with van der Waals surface area (Å²) >= 11 is 0. The van der Waals surface area contributed by atoms with Crippen molar-refractivity contribution in [1.82, 2.24) is 0 Å². The zero-order valence-electron chi connectivity index (χ0n) is 10.6. The molecule has 0 heterocycles. The molecule has 0 aromatic heterocycles. The molecule has 0 amide bonds. The van der Waals surface area contributed by atoms with Crippen molar-refractivity contribution in [3.8, 4) is 0 Å². The molecule has 0 aliphatic carbocycles. The van der Waals surface area contributed by atoms with E-state index >= 15 is 0 Å². The van der Waals surface area contributed by atoms with Crippen LogP contribution in [0.3, 0.4) is 0 Å². The van der Waals surface area contributed by atoms with E-state index in [1.807, 2.05) is 0 Å². The first-order valence-corrected chi connectivity index (χ1v) is 4.68. The molecule has 0 fully saturated rings. The molecule has 96 valence electrons. The van der Waals surface area contributed by atoms with Crippen LogP contribution in [0.2, 0.25) is 0 Å². The fraction of sp³-hybridized carbons (Fsp3) is 0.800. The summed E-state index contributed by atoms with van der Waals surface area (Å²) in [6, 6.07) is 0. The molecule has 0 rings (SSSR count). The molecular weight excluding hydrogens is 240 g/mol. The van der Waals surface area contributed by atoms with Gasteiger partial charge < -0.3 is 30.0 Å².